The summed E-state index contributed by atoms with van der Waals surface area (Å²) < 4.78 is 35.0. The van der Waals surface area contributed by atoms with Crippen molar-refractivity contribution in [3.05, 3.63) is 66.5 Å². The van der Waals surface area contributed by atoms with E-state index in [4.69, 9.17) is 4.42 Å². The lowest BCUT2D eigenvalue weighted by molar-refractivity contribution is 0.508. The average molecular weight is 383 g/mol. The highest BCUT2D eigenvalue weighted by Crippen LogP contribution is 2.26. The molecular formula is C18H17N5O3S. The van der Waals surface area contributed by atoms with Crippen LogP contribution in [0.2, 0.25) is 0 Å². The van der Waals surface area contributed by atoms with Crippen molar-refractivity contribution in [1.82, 2.24) is 19.7 Å². The van der Waals surface area contributed by atoms with Crippen molar-refractivity contribution >= 4 is 26.9 Å². The number of pyridine rings is 2. The summed E-state index contributed by atoms with van der Waals surface area (Å²) in [6.45, 7) is 1.84. The van der Waals surface area contributed by atoms with E-state index in [0.717, 1.165) is 0 Å². The molecule has 9 heteroatoms. The van der Waals surface area contributed by atoms with Gasteiger partial charge in [0, 0.05) is 24.8 Å². The summed E-state index contributed by atoms with van der Waals surface area (Å²) in [5.74, 6) is 0.813. The van der Waals surface area contributed by atoms with Crippen LogP contribution in [0.4, 0.5) is 5.82 Å². The van der Waals surface area contributed by atoms with Gasteiger partial charge in [0.05, 0.1) is 18.5 Å². The Hall–Kier alpha value is -3.20. The first-order valence-electron chi connectivity index (χ1n) is 8.22. The first-order valence-corrected chi connectivity index (χ1v) is 9.66. The first kappa shape index (κ1) is 17.2. The fourth-order valence-corrected chi connectivity index (χ4v) is 4.25. The normalized spacial score (nSPS) is 11.8. The van der Waals surface area contributed by atoms with Gasteiger partial charge in [0.15, 0.2) is 5.65 Å². The summed E-state index contributed by atoms with van der Waals surface area (Å²) in [7, 11) is -2.15. The number of nitrogens with zero attached hydrogens (tertiary/aromatic N) is 5. The fourth-order valence-electron chi connectivity index (χ4n) is 2.89. The standard InChI is InChI=1S/C18H17N5O3S/c1-13-16-10-15(11-20-18(16)22(2)21-13)27(24,25)23(12-14-6-5-9-26-14)17-7-3-4-8-19-17/h3-11H,12H2,1-2H3. The lowest BCUT2D eigenvalue weighted by Crippen LogP contribution is -2.31. The minimum Gasteiger partial charge on any atom is -0.467 e. The largest absolute Gasteiger partial charge is 0.467 e. The lowest BCUT2D eigenvalue weighted by atomic mass is 10.3. The Morgan fingerprint density at radius 2 is 2.04 bits per heavy atom. The maximum absolute atomic E-state index is 13.4. The van der Waals surface area contributed by atoms with E-state index in [9.17, 15) is 8.42 Å². The van der Waals surface area contributed by atoms with Gasteiger partial charge in [-0.15, -0.1) is 0 Å². The van der Waals surface area contributed by atoms with E-state index in [0.29, 0.717) is 28.3 Å². The van der Waals surface area contributed by atoms with Crippen molar-refractivity contribution in [2.45, 2.75) is 18.4 Å². The van der Waals surface area contributed by atoms with Crippen molar-refractivity contribution in [2.75, 3.05) is 4.31 Å². The molecule has 0 aliphatic rings. The third-order valence-electron chi connectivity index (χ3n) is 4.21. The van der Waals surface area contributed by atoms with E-state index in [1.165, 1.54) is 16.8 Å². The molecule has 0 radical (unpaired) electrons. The molecule has 4 aromatic heterocycles. The van der Waals surface area contributed by atoms with Crippen LogP contribution in [0, 0.1) is 6.92 Å². The van der Waals surface area contributed by atoms with Crippen molar-refractivity contribution < 1.29 is 12.8 Å². The zero-order valence-electron chi connectivity index (χ0n) is 14.8. The van der Waals surface area contributed by atoms with Gasteiger partial charge < -0.3 is 4.42 Å². The molecule has 0 atom stereocenters. The summed E-state index contributed by atoms with van der Waals surface area (Å²) in [4.78, 5) is 8.57. The minimum atomic E-state index is -3.92. The number of rotatable bonds is 5. The predicted octanol–water partition coefficient (Wildman–Crippen LogP) is 2.66. The maximum Gasteiger partial charge on any atom is 0.267 e. The average Bonchev–Trinajstić information content (AvgIpc) is 3.28. The molecule has 0 aliphatic heterocycles. The molecule has 138 valence electrons. The third-order valence-corrected chi connectivity index (χ3v) is 5.93. The number of fused-ring (bicyclic) bond motifs is 1. The predicted molar refractivity (Wildman–Crippen MR) is 99.6 cm³/mol. The number of aromatic nitrogens is 4. The van der Waals surface area contributed by atoms with E-state index < -0.39 is 10.0 Å². The van der Waals surface area contributed by atoms with E-state index in [2.05, 4.69) is 15.1 Å². The molecule has 0 spiro atoms. The summed E-state index contributed by atoms with van der Waals surface area (Å²) in [6.07, 6.45) is 4.40. The van der Waals surface area contributed by atoms with E-state index in [1.54, 1.807) is 54.3 Å². The van der Waals surface area contributed by atoms with Crippen LogP contribution in [0.25, 0.3) is 11.0 Å². The molecule has 0 amide bonds. The Bertz CT molecular complexity index is 1180. The molecule has 4 rings (SSSR count). The number of aryl methyl sites for hydroxylation is 2. The van der Waals surface area contributed by atoms with Gasteiger partial charge in [-0.2, -0.15) is 5.10 Å². The molecule has 0 bridgehead atoms. The highest BCUT2D eigenvalue weighted by atomic mass is 32.2. The molecule has 8 nitrogen and oxygen atoms in total. The van der Waals surface area contributed by atoms with E-state index in [1.807, 2.05) is 6.92 Å². The first-order chi connectivity index (χ1) is 13.0. The Balaban J connectivity index is 1.84. The van der Waals surface area contributed by atoms with Gasteiger partial charge in [-0.3, -0.25) is 4.68 Å². The number of hydrogen-bond acceptors (Lipinski definition) is 6. The summed E-state index contributed by atoms with van der Waals surface area (Å²) in [6, 6.07) is 10.1. The molecular weight excluding hydrogens is 366 g/mol. The van der Waals surface area contributed by atoms with Crippen molar-refractivity contribution in [3.8, 4) is 0 Å². The van der Waals surface area contributed by atoms with Gasteiger partial charge in [0.1, 0.15) is 16.5 Å². The highest BCUT2D eigenvalue weighted by Gasteiger charge is 2.28. The topological polar surface area (TPSA) is 94.1 Å². The number of furan rings is 1. The number of hydrogen-bond donors (Lipinski definition) is 0. The summed E-state index contributed by atoms with van der Waals surface area (Å²) in [5.41, 5.74) is 1.34. The Kier molecular flexibility index (Phi) is 4.15. The lowest BCUT2D eigenvalue weighted by Gasteiger charge is -2.22. The Morgan fingerprint density at radius 3 is 2.74 bits per heavy atom. The maximum atomic E-state index is 13.4. The molecule has 0 unspecified atom stereocenters. The molecule has 0 N–H and O–H groups in total. The molecule has 0 saturated carbocycles. The van der Waals surface area contributed by atoms with Crippen LogP contribution in [0.1, 0.15) is 11.5 Å². The van der Waals surface area contributed by atoms with Crippen LogP contribution in [-0.2, 0) is 23.6 Å². The molecule has 0 fully saturated rings. The van der Waals surface area contributed by atoms with Crippen LogP contribution >= 0.6 is 0 Å². The van der Waals surface area contributed by atoms with Crippen molar-refractivity contribution in [3.63, 3.8) is 0 Å². The van der Waals surface area contributed by atoms with Crippen LogP contribution in [0.3, 0.4) is 0 Å². The van der Waals surface area contributed by atoms with Crippen LogP contribution in [-0.4, -0.2) is 28.2 Å². The van der Waals surface area contributed by atoms with Crippen LogP contribution in [0.15, 0.2) is 64.4 Å². The van der Waals surface area contributed by atoms with Gasteiger partial charge in [-0.25, -0.2) is 22.7 Å². The number of anilines is 1. The zero-order chi connectivity index (χ0) is 19.0. The van der Waals surface area contributed by atoms with Gasteiger partial charge >= 0.3 is 0 Å². The third kappa shape index (κ3) is 3.06. The molecule has 27 heavy (non-hydrogen) atoms. The summed E-state index contributed by atoms with van der Waals surface area (Å²) >= 11 is 0. The van der Waals surface area contributed by atoms with Gasteiger partial charge in [0.2, 0.25) is 0 Å². The molecule has 4 aromatic rings. The molecule has 4 heterocycles. The molecule has 0 aromatic carbocycles. The second-order valence-electron chi connectivity index (χ2n) is 6.03. The second kappa shape index (κ2) is 6.51. The quantitative estimate of drug-likeness (QED) is 0.526. The monoisotopic (exact) mass is 383 g/mol. The second-order valence-corrected chi connectivity index (χ2v) is 7.89. The Labute approximate surface area is 156 Å². The van der Waals surface area contributed by atoms with Crippen LogP contribution in [0.5, 0.6) is 0 Å². The van der Waals surface area contributed by atoms with Crippen LogP contribution < -0.4 is 4.31 Å². The minimum absolute atomic E-state index is 0.0242. The fraction of sp³-hybridized carbons (Fsp3) is 0.167. The van der Waals surface area contributed by atoms with Gasteiger partial charge in [-0.05, 0) is 37.3 Å². The van der Waals surface area contributed by atoms with E-state index >= 15 is 0 Å². The number of sulfonamides is 1. The highest BCUT2D eigenvalue weighted by molar-refractivity contribution is 7.92. The van der Waals surface area contributed by atoms with E-state index in [-0.39, 0.29) is 11.4 Å². The molecule has 0 aliphatic carbocycles. The Morgan fingerprint density at radius 1 is 1.19 bits per heavy atom. The van der Waals surface area contributed by atoms with Gasteiger partial charge in [0.25, 0.3) is 10.0 Å². The van der Waals surface area contributed by atoms with Gasteiger partial charge in [-0.1, -0.05) is 6.07 Å². The van der Waals surface area contributed by atoms with Crippen molar-refractivity contribution in [2.24, 2.45) is 7.05 Å². The molecule has 0 saturated heterocycles. The zero-order valence-corrected chi connectivity index (χ0v) is 15.6. The summed E-state index contributed by atoms with van der Waals surface area (Å²) in [5, 5.41) is 4.99. The SMILES string of the molecule is Cc1nn(C)c2ncc(S(=O)(=O)N(Cc3ccco3)c3ccccn3)cc12. The van der Waals surface area contributed by atoms with Crippen molar-refractivity contribution in [1.29, 1.82) is 0 Å². The smallest absolute Gasteiger partial charge is 0.267 e.